The quantitative estimate of drug-likeness (QED) is 0.142. The van der Waals surface area contributed by atoms with Gasteiger partial charge in [-0.3, -0.25) is 4.84 Å². The fourth-order valence-electron chi connectivity index (χ4n) is 2.70. The van der Waals surface area contributed by atoms with Crippen LogP contribution in [-0.4, -0.2) is 61.8 Å². The Morgan fingerprint density at radius 1 is 1.00 bits per heavy atom. The number of rotatable bonds is 9. The SMILES string of the molecule is CCCC[N+](CCCC)=C(On1nnc2ncccc21)N(CC)CC.F[P-](F)(F)(F)(F)F. The first kappa shape index (κ1) is 27.9. The second-order valence-electron chi connectivity index (χ2n) is 7.01. The molecule has 0 fully saturated rings. The molecule has 0 unspecified atom stereocenters. The Labute approximate surface area is 183 Å². The Hall–Kier alpha value is -2.17. The number of aromatic nitrogens is 4. The van der Waals surface area contributed by atoms with Crippen LogP contribution in [0.4, 0.5) is 25.2 Å². The Morgan fingerprint density at radius 3 is 2.00 bits per heavy atom. The molecule has 0 aliphatic carbocycles. The average Bonchev–Trinajstić information content (AvgIpc) is 3.09. The second kappa shape index (κ2) is 10.6. The molecule has 2 rings (SSSR count). The molecule has 0 aliphatic heterocycles. The first-order valence-corrected chi connectivity index (χ1v) is 12.5. The zero-order valence-corrected chi connectivity index (χ0v) is 19.6. The number of fused-ring (bicyclic) bond motifs is 1. The van der Waals surface area contributed by atoms with Gasteiger partial charge < -0.3 is 0 Å². The molecule has 0 atom stereocenters. The van der Waals surface area contributed by atoms with Crippen molar-refractivity contribution in [3.05, 3.63) is 18.3 Å². The fourth-order valence-corrected chi connectivity index (χ4v) is 2.70. The van der Waals surface area contributed by atoms with E-state index in [1.807, 2.05) is 12.1 Å². The Balaban J connectivity index is 0.000000633. The molecule has 7 nitrogen and oxygen atoms in total. The predicted octanol–water partition coefficient (Wildman–Crippen LogP) is 5.95. The Kier molecular flexibility index (Phi) is 9.26. The van der Waals surface area contributed by atoms with Crippen molar-refractivity contribution >= 4 is 25.0 Å². The van der Waals surface area contributed by atoms with Gasteiger partial charge in [0.2, 0.25) is 5.65 Å². The predicted molar refractivity (Wildman–Crippen MR) is 113 cm³/mol. The van der Waals surface area contributed by atoms with Gasteiger partial charge >= 0.3 is 39.0 Å². The van der Waals surface area contributed by atoms with Crippen LogP contribution in [-0.2, 0) is 0 Å². The van der Waals surface area contributed by atoms with E-state index in [9.17, 15) is 25.2 Å². The molecule has 0 saturated carbocycles. The van der Waals surface area contributed by atoms with E-state index < -0.39 is 7.81 Å². The molecule has 2 heterocycles. The molecule has 2 aromatic rings. The van der Waals surface area contributed by atoms with Crippen LogP contribution in [0.2, 0.25) is 0 Å². The number of nitrogens with zero attached hydrogens (tertiary/aromatic N) is 6. The third-order valence-corrected chi connectivity index (χ3v) is 4.23. The van der Waals surface area contributed by atoms with Crippen LogP contribution >= 0.6 is 7.81 Å². The van der Waals surface area contributed by atoms with Crippen molar-refractivity contribution in [2.24, 2.45) is 0 Å². The summed E-state index contributed by atoms with van der Waals surface area (Å²) >= 11 is 0. The van der Waals surface area contributed by atoms with Crippen molar-refractivity contribution in [1.82, 2.24) is 25.0 Å². The molecule has 14 heteroatoms. The monoisotopic (exact) mass is 492 g/mol. The molecule has 0 aromatic carbocycles. The number of unbranched alkanes of at least 4 members (excludes halogenated alkanes) is 2. The van der Waals surface area contributed by atoms with Crippen molar-refractivity contribution in [1.29, 1.82) is 0 Å². The third kappa shape index (κ3) is 11.4. The van der Waals surface area contributed by atoms with Gasteiger partial charge in [-0.25, -0.2) is 14.5 Å². The van der Waals surface area contributed by atoms with Crippen molar-refractivity contribution in [2.75, 3.05) is 26.2 Å². The van der Waals surface area contributed by atoms with Gasteiger partial charge in [-0.15, -0.1) is 5.10 Å². The van der Waals surface area contributed by atoms with Crippen molar-refractivity contribution in [3.8, 4) is 0 Å². The third-order valence-electron chi connectivity index (χ3n) is 4.23. The van der Waals surface area contributed by atoms with Crippen LogP contribution in [0.25, 0.3) is 11.2 Å². The summed E-state index contributed by atoms with van der Waals surface area (Å²) in [5.74, 6) is 0. The molecule has 0 bridgehead atoms. The maximum absolute atomic E-state index is 10.7. The summed E-state index contributed by atoms with van der Waals surface area (Å²) in [6.07, 6.45) is 6.30. The van der Waals surface area contributed by atoms with Crippen LogP contribution in [0.15, 0.2) is 18.3 Å². The van der Waals surface area contributed by atoms with Crippen LogP contribution in [0.5, 0.6) is 0 Å². The van der Waals surface area contributed by atoms with E-state index in [0.717, 1.165) is 63.4 Å². The molecule has 0 radical (unpaired) electrons. The van der Waals surface area contributed by atoms with E-state index in [0.29, 0.717) is 5.65 Å². The first-order chi connectivity index (χ1) is 14.7. The van der Waals surface area contributed by atoms with E-state index in [2.05, 4.69) is 52.5 Å². The Bertz CT molecular complexity index is 862. The van der Waals surface area contributed by atoms with E-state index in [1.54, 1.807) is 6.20 Å². The van der Waals surface area contributed by atoms with E-state index in [1.165, 1.54) is 4.85 Å². The molecule has 32 heavy (non-hydrogen) atoms. The van der Waals surface area contributed by atoms with E-state index in [-0.39, 0.29) is 0 Å². The summed E-state index contributed by atoms with van der Waals surface area (Å²) < 4.78 is 61.5. The van der Waals surface area contributed by atoms with Gasteiger partial charge in [0.25, 0.3) is 0 Å². The first-order valence-electron chi connectivity index (χ1n) is 10.5. The van der Waals surface area contributed by atoms with E-state index >= 15 is 0 Å². The number of hydrogen-bond acceptors (Lipinski definition) is 4. The van der Waals surface area contributed by atoms with Gasteiger partial charge in [-0.1, -0.05) is 31.5 Å². The van der Waals surface area contributed by atoms with Gasteiger partial charge in [0.15, 0.2) is 5.52 Å². The average molecular weight is 492 g/mol. The standard InChI is InChI=1S/C18H31N6O.F6P/c1-5-9-14-23(15-10-6-2)18(22(7-3)8-4)25-24-16-12-11-13-19-17(16)20-21-24;1-7(2,3,4,5)6/h11-13H,5-10,14-15H2,1-4H3;/q+1;-1. The van der Waals surface area contributed by atoms with Gasteiger partial charge in [-0.05, 0) is 44.0 Å². The number of hydrogen-bond donors (Lipinski definition) is 0. The number of halogens is 6. The molecule has 0 amide bonds. The molecule has 2 aromatic heterocycles. The van der Waals surface area contributed by atoms with Crippen LogP contribution in [0, 0.1) is 0 Å². The second-order valence-corrected chi connectivity index (χ2v) is 8.92. The minimum atomic E-state index is -10.7. The zero-order chi connectivity index (χ0) is 24.5. The summed E-state index contributed by atoms with van der Waals surface area (Å²) in [7, 11) is -10.7. The molecule has 0 saturated heterocycles. The van der Waals surface area contributed by atoms with Crippen molar-refractivity contribution in [3.63, 3.8) is 0 Å². The topological polar surface area (TPSA) is 59.1 Å². The summed E-state index contributed by atoms with van der Waals surface area (Å²) in [6, 6.07) is 4.64. The summed E-state index contributed by atoms with van der Waals surface area (Å²) in [5, 5.41) is 8.23. The molecule has 0 aliphatic rings. The van der Waals surface area contributed by atoms with Crippen LogP contribution in [0.1, 0.15) is 53.4 Å². The van der Waals surface area contributed by atoms with Crippen LogP contribution in [0.3, 0.4) is 0 Å². The molecular formula is C18H31F6N6OP. The van der Waals surface area contributed by atoms with Gasteiger partial charge in [0.05, 0.1) is 26.2 Å². The Morgan fingerprint density at radius 2 is 1.53 bits per heavy atom. The number of pyridine rings is 1. The summed E-state index contributed by atoms with van der Waals surface area (Å²) in [6.45, 7) is 12.4. The maximum atomic E-state index is 9.87. The minimum absolute atomic E-state index is 0.593. The fraction of sp³-hybridized carbons (Fsp3) is 0.667. The number of amidine groups is 1. The normalized spacial score (nSPS) is 13.6. The van der Waals surface area contributed by atoms with E-state index in [4.69, 9.17) is 4.84 Å². The molecule has 0 N–H and O–H groups in total. The van der Waals surface area contributed by atoms with Crippen molar-refractivity contribution in [2.45, 2.75) is 53.4 Å². The molecular weight excluding hydrogens is 461 g/mol. The van der Waals surface area contributed by atoms with Gasteiger partial charge in [0, 0.05) is 6.20 Å². The van der Waals surface area contributed by atoms with Gasteiger partial charge in [0.1, 0.15) is 0 Å². The van der Waals surface area contributed by atoms with Crippen molar-refractivity contribution < 1.29 is 34.6 Å². The zero-order valence-electron chi connectivity index (χ0n) is 18.7. The molecule has 186 valence electrons. The summed E-state index contributed by atoms with van der Waals surface area (Å²) in [4.78, 5) is 14.2. The van der Waals surface area contributed by atoms with Gasteiger partial charge in [-0.2, -0.15) is 0 Å². The summed E-state index contributed by atoms with van der Waals surface area (Å²) in [5.41, 5.74) is 1.37. The van der Waals surface area contributed by atoms with Crippen LogP contribution < -0.4 is 4.84 Å². The molecule has 0 spiro atoms.